The Morgan fingerprint density at radius 1 is 1.00 bits per heavy atom. The molecule has 11 heteroatoms. The van der Waals surface area contributed by atoms with Crippen LogP contribution in [-0.2, 0) is 47.6 Å². The van der Waals surface area contributed by atoms with Gasteiger partial charge in [0.25, 0.3) is 5.78 Å². The molecular formula is C23H31NO10. The molecule has 0 aromatic carbocycles. The summed E-state index contributed by atoms with van der Waals surface area (Å²) in [6.07, 6.45) is -2.71. The number of Topliss-reactive ketones (excluding diaryl/α,β-unsaturated/α-hetero) is 1. The Morgan fingerprint density at radius 3 is 2.21 bits per heavy atom. The molecule has 0 aliphatic carbocycles. The summed E-state index contributed by atoms with van der Waals surface area (Å²) in [6.45, 7) is 8.20. The summed E-state index contributed by atoms with van der Waals surface area (Å²) in [6, 6.07) is 0. The maximum atomic E-state index is 13.1. The normalized spacial score (nSPS) is 29.4. The number of allylic oxidation sites excluding steroid dienone is 1. The van der Waals surface area contributed by atoms with Crippen molar-refractivity contribution in [2.75, 3.05) is 19.7 Å². The van der Waals surface area contributed by atoms with Crippen molar-refractivity contribution >= 4 is 23.7 Å². The minimum atomic E-state index is -1.08. The van der Waals surface area contributed by atoms with Gasteiger partial charge in [0.1, 0.15) is 24.6 Å². The van der Waals surface area contributed by atoms with Crippen molar-refractivity contribution in [3.05, 3.63) is 22.9 Å². The van der Waals surface area contributed by atoms with Crippen LogP contribution in [0.2, 0.25) is 0 Å². The molecule has 0 aromatic rings. The molecule has 3 unspecified atom stereocenters. The van der Waals surface area contributed by atoms with E-state index in [2.05, 4.69) is 5.32 Å². The summed E-state index contributed by atoms with van der Waals surface area (Å²) in [5.41, 5.74) is 0.916. The second-order valence-corrected chi connectivity index (χ2v) is 8.47. The number of hydrogen-bond acceptors (Lipinski definition) is 11. The minimum absolute atomic E-state index is 0.00312. The SMILES string of the molecule is CC(=O)OCC1OC(OC2=C(C)OC(=C3CCNCC3)C2=O)[C@H](C)C(OC(C)=O)[C@@H]1OC(C)=O. The molecule has 5 atom stereocenters. The molecule has 3 aliphatic heterocycles. The van der Waals surface area contributed by atoms with Gasteiger partial charge in [-0.25, -0.2) is 0 Å². The van der Waals surface area contributed by atoms with E-state index in [-0.39, 0.29) is 23.9 Å². The highest BCUT2D eigenvalue weighted by atomic mass is 16.7. The smallest absolute Gasteiger partial charge is 0.303 e. The topological polar surface area (TPSA) is 136 Å². The molecule has 3 heterocycles. The summed E-state index contributed by atoms with van der Waals surface area (Å²) in [5, 5.41) is 3.23. The van der Waals surface area contributed by atoms with E-state index in [0.29, 0.717) is 18.6 Å². The lowest BCUT2D eigenvalue weighted by molar-refractivity contribution is -0.279. The lowest BCUT2D eigenvalue weighted by atomic mass is 9.91. The standard InChI is InChI=1S/C23H31NO10/c1-11-19(31-14(4)26)22(32-15(5)27)17(10-29-13(3)25)33-23(11)34-20-12(2)30-21(18(20)28)16-6-8-24-9-7-16/h11,17,19,22-24H,6-10H2,1-5H3/t11-,17?,19?,22-,23?/m1/s1. The monoisotopic (exact) mass is 481 g/mol. The van der Waals surface area contributed by atoms with Gasteiger partial charge in [-0.1, -0.05) is 6.92 Å². The maximum absolute atomic E-state index is 13.1. The molecule has 0 amide bonds. The Kier molecular flexibility index (Phi) is 8.32. The lowest BCUT2D eigenvalue weighted by Gasteiger charge is -2.43. The van der Waals surface area contributed by atoms with Crippen molar-refractivity contribution in [2.45, 2.75) is 72.1 Å². The average molecular weight is 481 g/mol. The second kappa shape index (κ2) is 11.0. The molecule has 11 nitrogen and oxygen atoms in total. The van der Waals surface area contributed by atoms with Gasteiger partial charge in [-0.05, 0) is 38.4 Å². The van der Waals surface area contributed by atoms with E-state index in [9.17, 15) is 19.2 Å². The van der Waals surface area contributed by atoms with Crippen molar-refractivity contribution in [2.24, 2.45) is 5.92 Å². The van der Waals surface area contributed by atoms with E-state index in [0.717, 1.165) is 18.7 Å². The Labute approximate surface area is 197 Å². The van der Waals surface area contributed by atoms with E-state index in [1.165, 1.54) is 20.8 Å². The fourth-order valence-electron chi connectivity index (χ4n) is 4.16. The first-order valence-corrected chi connectivity index (χ1v) is 11.2. The third kappa shape index (κ3) is 5.95. The van der Waals surface area contributed by atoms with Crippen molar-refractivity contribution < 1.29 is 47.6 Å². The second-order valence-electron chi connectivity index (χ2n) is 8.47. The number of nitrogens with one attached hydrogen (secondary N) is 1. The first-order valence-electron chi connectivity index (χ1n) is 11.2. The highest BCUT2D eigenvalue weighted by Gasteiger charge is 2.50. The van der Waals surface area contributed by atoms with Gasteiger partial charge >= 0.3 is 17.9 Å². The van der Waals surface area contributed by atoms with Gasteiger partial charge in [-0.3, -0.25) is 19.2 Å². The zero-order valence-corrected chi connectivity index (χ0v) is 20.0. The Balaban J connectivity index is 1.85. The van der Waals surface area contributed by atoms with Crippen LogP contribution in [0, 0.1) is 5.92 Å². The number of ether oxygens (including phenoxy) is 6. The number of hydrogen-bond donors (Lipinski definition) is 1. The number of carbonyl (C=O) groups is 4. The Hall–Kier alpha value is -2.92. The molecule has 3 rings (SSSR count). The third-order valence-electron chi connectivity index (χ3n) is 5.75. The predicted molar refractivity (Wildman–Crippen MR) is 115 cm³/mol. The first kappa shape index (κ1) is 25.7. The van der Waals surface area contributed by atoms with E-state index < -0.39 is 48.4 Å². The van der Waals surface area contributed by atoms with Gasteiger partial charge in [-0.2, -0.15) is 0 Å². The van der Waals surface area contributed by atoms with Gasteiger partial charge < -0.3 is 33.7 Å². The van der Waals surface area contributed by atoms with Gasteiger partial charge in [0, 0.05) is 20.8 Å². The molecule has 0 bridgehead atoms. The van der Waals surface area contributed by atoms with Crippen molar-refractivity contribution in [3.8, 4) is 0 Å². The van der Waals surface area contributed by atoms with Gasteiger partial charge in [0.15, 0.2) is 11.9 Å². The summed E-state index contributed by atoms with van der Waals surface area (Å²) in [5.74, 6) is -2.26. The molecule has 3 aliphatic rings. The average Bonchev–Trinajstić information content (AvgIpc) is 3.05. The molecule has 1 N–H and O–H groups in total. The van der Waals surface area contributed by atoms with E-state index in [1.54, 1.807) is 13.8 Å². The molecule has 2 fully saturated rings. The zero-order valence-electron chi connectivity index (χ0n) is 20.0. The molecule has 188 valence electrons. The van der Waals surface area contributed by atoms with Crippen molar-refractivity contribution in [3.63, 3.8) is 0 Å². The van der Waals surface area contributed by atoms with Gasteiger partial charge in [0.05, 0.1) is 5.92 Å². The molecule has 0 spiro atoms. The highest BCUT2D eigenvalue weighted by Crippen LogP contribution is 2.36. The molecular weight excluding hydrogens is 450 g/mol. The number of piperidine rings is 1. The van der Waals surface area contributed by atoms with Gasteiger partial charge in [-0.15, -0.1) is 0 Å². The third-order valence-corrected chi connectivity index (χ3v) is 5.75. The number of ketones is 1. The largest absolute Gasteiger partial charge is 0.463 e. The zero-order chi connectivity index (χ0) is 25.0. The van der Waals surface area contributed by atoms with Crippen LogP contribution >= 0.6 is 0 Å². The molecule has 0 saturated carbocycles. The van der Waals surface area contributed by atoms with Crippen molar-refractivity contribution in [1.82, 2.24) is 5.32 Å². The quantitative estimate of drug-likeness (QED) is 0.334. The number of carbonyl (C=O) groups excluding carboxylic acids is 4. The minimum Gasteiger partial charge on any atom is -0.463 e. The van der Waals surface area contributed by atoms with E-state index in [4.69, 9.17) is 28.4 Å². The predicted octanol–water partition coefficient (Wildman–Crippen LogP) is 1.26. The van der Waals surface area contributed by atoms with Crippen LogP contribution in [0.4, 0.5) is 0 Å². The van der Waals surface area contributed by atoms with Crippen LogP contribution in [0.3, 0.4) is 0 Å². The molecule has 2 saturated heterocycles. The van der Waals surface area contributed by atoms with Gasteiger partial charge in [0.2, 0.25) is 12.0 Å². The summed E-state index contributed by atoms with van der Waals surface area (Å²) < 4.78 is 33.6. The lowest BCUT2D eigenvalue weighted by Crippen LogP contribution is -2.58. The summed E-state index contributed by atoms with van der Waals surface area (Å²) in [4.78, 5) is 48.0. The fraction of sp³-hybridized carbons (Fsp3) is 0.652. The van der Waals surface area contributed by atoms with Crippen molar-refractivity contribution in [1.29, 1.82) is 0 Å². The fourth-order valence-corrected chi connectivity index (χ4v) is 4.16. The van der Waals surface area contributed by atoms with Crippen LogP contribution in [0.15, 0.2) is 22.9 Å². The van der Waals surface area contributed by atoms with Crippen LogP contribution in [0.1, 0.15) is 47.5 Å². The number of rotatable bonds is 6. The molecule has 34 heavy (non-hydrogen) atoms. The van der Waals surface area contributed by atoms with E-state index >= 15 is 0 Å². The van der Waals surface area contributed by atoms with Crippen LogP contribution in [-0.4, -0.2) is 68.0 Å². The first-order chi connectivity index (χ1) is 16.1. The highest BCUT2D eigenvalue weighted by molar-refractivity contribution is 6.08. The van der Waals surface area contributed by atoms with E-state index in [1.807, 2.05) is 0 Å². The van der Waals surface area contributed by atoms with Crippen LogP contribution in [0.5, 0.6) is 0 Å². The number of esters is 3. The summed E-state index contributed by atoms with van der Waals surface area (Å²) >= 11 is 0. The summed E-state index contributed by atoms with van der Waals surface area (Å²) in [7, 11) is 0. The van der Waals surface area contributed by atoms with Crippen LogP contribution < -0.4 is 5.32 Å². The van der Waals surface area contributed by atoms with Crippen LogP contribution in [0.25, 0.3) is 0 Å². The molecule has 0 aromatic heterocycles. The Morgan fingerprint density at radius 2 is 1.62 bits per heavy atom. The Bertz CT molecular complexity index is 899. The maximum Gasteiger partial charge on any atom is 0.303 e. The molecule has 0 radical (unpaired) electrons.